The van der Waals surface area contributed by atoms with Crippen molar-refractivity contribution in [3.05, 3.63) is 34.9 Å². The molecule has 1 aromatic rings. The molecule has 1 aliphatic heterocycles. The first kappa shape index (κ1) is 13.3. The maximum Gasteiger partial charge on any atom is 0.224 e. The second-order valence-electron chi connectivity index (χ2n) is 4.41. The van der Waals surface area contributed by atoms with E-state index in [1.54, 1.807) is 13.2 Å². The van der Waals surface area contributed by atoms with Crippen LogP contribution in [0.2, 0.25) is 5.02 Å². The third-order valence-electron chi connectivity index (χ3n) is 3.06. The highest BCUT2D eigenvalue weighted by Crippen LogP contribution is 2.11. The van der Waals surface area contributed by atoms with Gasteiger partial charge in [-0.2, -0.15) is 0 Å². The Bertz CT molecular complexity index is 425. The zero-order valence-electron chi connectivity index (χ0n) is 10.3. The van der Waals surface area contributed by atoms with Crippen LogP contribution in [0.4, 0.5) is 0 Å². The van der Waals surface area contributed by atoms with E-state index in [0.717, 1.165) is 18.7 Å². The van der Waals surface area contributed by atoms with Gasteiger partial charge in [-0.05, 0) is 17.7 Å². The van der Waals surface area contributed by atoms with E-state index in [9.17, 15) is 4.79 Å². The summed E-state index contributed by atoms with van der Waals surface area (Å²) in [5, 5.41) is 6.82. The van der Waals surface area contributed by atoms with Crippen LogP contribution in [0.15, 0.2) is 24.3 Å². The Balaban J connectivity index is 1.89. The summed E-state index contributed by atoms with van der Waals surface area (Å²) in [5.74, 6) is -0.00647. The van der Waals surface area contributed by atoms with Crippen molar-refractivity contribution in [2.24, 2.45) is 0 Å². The third-order valence-corrected chi connectivity index (χ3v) is 3.30. The molecule has 0 saturated carbocycles. The van der Waals surface area contributed by atoms with Crippen molar-refractivity contribution in [2.45, 2.75) is 18.6 Å². The Hall–Kier alpha value is -1.10. The molecule has 0 spiro atoms. The molecule has 4 nitrogen and oxygen atoms in total. The summed E-state index contributed by atoms with van der Waals surface area (Å²) in [6, 6.07) is 7.39. The van der Waals surface area contributed by atoms with Gasteiger partial charge in [0.15, 0.2) is 0 Å². The molecule has 1 aliphatic rings. The summed E-state index contributed by atoms with van der Waals surface area (Å²) < 4.78 is 5.30. The van der Waals surface area contributed by atoms with Gasteiger partial charge in [-0.3, -0.25) is 4.79 Å². The topological polar surface area (TPSA) is 50.4 Å². The zero-order valence-corrected chi connectivity index (χ0v) is 11.0. The minimum absolute atomic E-state index is 0.00647. The molecule has 0 aromatic heterocycles. The number of ether oxygens (including phenoxy) is 1. The summed E-state index contributed by atoms with van der Waals surface area (Å²) >= 11 is 5.88. The summed E-state index contributed by atoms with van der Waals surface area (Å²) in [6.07, 6.45) is 0.390. The van der Waals surface area contributed by atoms with E-state index in [1.807, 2.05) is 18.2 Å². The van der Waals surface area contributed by atoms with Gasteiger partial charge in [-0.15, -0.1) is 0 Å². The van der Waals surface area contributed by atoms with Crippen molar-refractivity contribution in [1.82, 2.24) is 10.6 Å². The highest BCUT2D eigenvalue weighted by atomic mass is 35.5. The molecule has 0 bridgehead atoms. The summed E-state index contributed by atoms with van der Waals surface area (Å²) in [4.78, 5) is 11.9. The monoisotopic (exact) mass is 268 g/mol. The Labute approximate surface area is 112 Å². The minimum atomic E-state index is -0.00647. The highest BCUT2D eigenvalue weighted by Gasteiger charge is 2.27. The molecule has 1 saturated heterocycles. The lowest BCUT2D eigenvalue weighted by Gasteiger charge is -2.18. The lowest BCUT2D eigenvalue weighted by atomic mass is 10.1. The van der Waals surface area contributed by atoms with E-state index >= 15 is 0 Å². The lowest BCUT2D eigenvalue weighted by Crippen LogP contribution is -2.44. The molecular formula is C13H17ClN2O2. The first-order chi connectivity index (χ1) is 8.69. The molecule has 1 heterocycles. The first-order valence-corrected chi connectivity index (χ1v) is 6.34. The zero-order chi connectivity index (χ0) is 13.0. The van der Waals surface area contributed by atoms with Crippen LogP contribution in [0.3, 0.4) is 0 Å². The number of carbonyl (C=O) groups excluding carboxylic acids is 1. The molecule has 1 amide bonds. The number of hydrogen-bond donors (Lipinski definition) is 2. The number of rotatable bonds is 4. The number of methoxy groups -OCH3 is 1. The Morgan fingerprint density at radius 2 is 2.39 bits per heavy atom. The number of benzene rings is 1. The van der Waals surface area contributed by atoms with Crippen molar-refractivity contribution in [1.29, 1.82) is 0 Å². The maximum absolute atomic E-state index is 11.9. The number of carbonyl (C=O) groups is 1. The van der Waals surface area contributed by atoms with Crippen LogP contribution in [0.5, 0.6) is 0 Å². The Morgan fingerprint density at radius 1 is 1.56 bits per heavy atom. The molecule has 2 N–H and O–H groups in total. The van der Waals surface area contributed by atoms with Crippen molar-refractivity contribution < 1.29 is 9.53 Å². The van der Waals surface area contributed by atoms with Crippen molar-refractivity contribution in [3.8, 4) is 0 Å². The van der Waals surface area contributed by atoms with Crippen LogP contribution in [0, 0.1) is 0 Å². The minimum Gasteiger partial charge on any atom is -0.378 e. The Morgan fingerprint density at radius 3 is 3.11 bits per heavy atom. The predicted octanol–water partition coefficient (Wildman–Crippen LogP) is 0.986. The second-order valence-corrected chi connectivity index (χ2v) is 4.85. The van der Waals surface area contributed by atoms with Crippen molar-refractivity contribution in [3.63, 3.8) is 0 Å². The maximum atomic E-state index is 11.9. The van der Waals surface area contributed by atoms with Gasteiger partial charge in [-0.1, -0.05) is 23.7 Å². The van der Waals surface area contributed by atoms with E-state index < -0.39 is 0 Å². The Kier molecular flexibility index (Phi) is 4.58. The van der Waals surface area contributed by atoms with E-state index in [2.05, 4.69) is 10.6 Å². The third kappa shape index (κ3) is 3.45. The number of halogens is 1. The van der Waals surface area contributed by atoms with E-state index in [4.69, 9.17) is 16.3 Å². The van der Waals surface area contributed by atoms with Crippen LogP contribution >= 0.6 is 11.6 Å². The normalized spacial score (nSPS) is 23.0. The van der Waals surface area contributed by atoms with Gasteiger partial charge in [0.25, 0.3) is 0 Å². The molecule has 0 aliphatic carbocycles. The van der Waals surface area contributed by atoms with Gasteiger partial charge >= 0.3 is 0 Å². The van der Waals surface area contributed by atoms with Crippen molar-refractivity contribution in [2.75, 3.05) is 20.2 Å². The number of amides is 1. The van der Waals surface area contributed by atoms with Crippen LogP contribution in [0.25, 0.3) is 0 Å². The van der Waals surface area contributed by atoms with E-state index in [0.29, 0.717) is 11.4 Å². The van der Waals surface area contributed by atoms with Gasteiger partial charge in [0.2, 0.25) is 5.91 Å². The molecule has 0 radical (unpaired) electrons. The smallest absolute Gasteiger partial charge is 0.224 e. The fourth-order valence-electron chi connectivity index (χ4n) is 2.14. The second kappa shape index (κ2) is 6.18. The molecular weight excluding hydrogens is 252 g/mol. The largest absolute Gasteiger partial charge is 0.378 e. The summed E-state index contributed by atoms with van der Waals surface area (Å²) in [5.41, 5.74) is 0.917. The molecule has 1 fully saturated rings. The molecule has 1 aromatic carbocycles. The summed E-state index contributed by atoms with van der Waals surface area (Å²) in [6.45, 7) is 1.53. The predicted molar refractivity (Wildman–Crippen MR) is 70.8 cm³/mol. The van der Waals surface area contributed by atoms with Crippen LogP contribution in [-0.4, -0.2) is 38.3 Å². The standard InChI is InChI=1S/C13H17ClN2O2/c1-18-12-8-15-7-11(12)16-13(17)6-9-3-2-4-10(14)5-9/h2-5,11-12,15H,6-8H2,1H3,(H,16,17)/t11-,12+/m1/s1. The molecule has 2 rings (SSSR count). The van der Waals surface area contributed by atoms with Crippen molar-refractivity contribution >= 4 is 17.5 Å². The van der Waals surface area contributed by atoms with Crippen LogP contribution < -0.4 is 10.6 Å². The van der Waals surface area contributed by atoms with Gasteiger partial charge in [0, 0.05) is 25.2 Å². The molecule has 18 heavy (non-hydrogen) atoms. The van der Waals surface area contributed by atoms with Crippen LogP contribution in [-0.2, 0) is 16.0 Å². The molecule has 2 atom stereocenters. The average Bonchev–Trinajstić information content (AvgIpc) is 2.76. The molecule has 5 heteroatoms. The lowest BCUT2D eigenvalue weighted by molar-refractivity contribution is -0.121. The van der Waals surface area contributed by atoms with Gasteiger partial charge < -0.3 is 15.4 Å². The van der Waals surface area contributed by atoms with E-state index in [-0.39, 0.29) is 18.1 Å². The van der Waals surface area contributed by atoms with Crippen LogP contribution in [0.1, 0.15) is 5.56 Å². The van der Waals surface area contributed by atoms with Gasteiger partial charge in [0.1, 0.15) is 0 Å². The average molecular weight is 269 g/mol. The highest BCUT2D eigenvalue weighted by molar-refractivity contribution is 6.30. The van der Waals surface area contributed by atoms with Gasteiger partial charge in [-0.25, -0.2) is 0 Å². The number of nitrogens with one attached hydrogen (secondary N) is 2. The first-order valence-electron chi connectivity index (χ1n) is 5.96. The molecule has 0 unspecified atom stereocenters. The summed E-state index contributed by atoms with van der Waals surface area (Å²) in [7, 11) is 1.66. The fraction of sp³-hybridized carbons (Fsp3) is 0.462. The molecule has 98 valence electrons. The van der Waals surface area contributed by atoms with Gasteiger partial charge in [0.05, 0.1) is 18.6 Å². The van der Waals surface area contributed by atoms with E-state index in [1.165, 1.54) is 0 Å². The fourth-order valence-corrected chi connectivity index (χ4v) is 2.35. The number of hydrogen-bond acceptors (Lipinski definition) is 3. The SMILES string of the molecule is CO[C@H]1CNC[C@H]1NC(=O)Cc1cccc(Cl)c1. The quantitative estimate of drug-likeness (QED) is 0.856.